The number of aromatic nitrogens is 2. The van der Waals surface area contributed by atoms with E-state index in [1.54, 1.807) is 4.68 Å². The normalized spacial score (nSPS) is 25.5. The Bertz CT molecular complexity index is 744. The fourth-order valence-electron chi connectivity index (χ4n) is 5.63. The van der Waals surface area contributed by atoms with Gasteiger partial charge in [0, 0.05) is 33.2 Å². The maximum Gasteiger partial charge on any atom is 0.272 e. The predicted molar refractivity (Wildman–Crippen MR) is 107 cm³/mol. The van der Waals surface area contributed by atoms with Crippen LogP contribution in [-0.4, -0.2) is 82.1 Å². The van der Waals surface area contributed by atoms with Crippen LogP contribution in [0.3, 0.4) is 0 Å². The molecule has 2 amide bonds. The van der Waals surface area contributed by atoms with Crippen LogP contribution in [0.4, 0.5) is 0 Å². The number of carbonyl (C=O) groups excluding carboxylic acids is 2. The number of aryl methyl sites for hydroxylation is 2. The van der Waals surface area contributed by atoms with Gasteiger partial charge in [0.1, 0.15) is 5.69 Å². The van der Waals surface area contributed by atoms with Crippen molar-refractivity contribution in [3.8, 4) is 0 Å². The van der Waals surface area contributed by atoms with E-state index < -0.39 is 0 Å². The molecule has 28 heavy (non-hydrogen) atoms. The lowest BCUT2D eigenvalue weighted by atomic mass is 9.66. The molecular weight excluding hydrogens is 354 g/mol. The number of hydrogen-bond acceptors (Lipinski definition) is 4. The fourth-order valence-corrected chi connectivity index (χ4v) is 5.63. The summed E-state index contributed by atoms with van der Waals surface area (Å²) in [6, 6.07) is 1.83. The van der Waals surface area contributed by atoms with Gasteiger partial charge in [-0.25, -0.2) is 0 Å². The number of piperidine rings is 2. The Labute approximate surface area is 167 Å². The zero-order chi connectivity index (χ0) is 19.9. The van der Waals surface area contributed by atoms with Crippen molar-refractivity contribution in [3.05, 3.63) is 17.5 Å². The maximum absolute atomic E-state index is 13.4. The Balaban J connectivity index is 1.49. The van der Waals surface area contributed by atoms with Crippen molar-refractivity contribution >= 4 is 11.8 Å². The molecule has 0 N–H and O–H groups in total. The van der Waals surface area contributed by atoms with Crippen LogP contribution in [0.2, 0.25) is 0 Å². The van der Waals surface area contributed by atoms with Crippen molar-refractivity contribution in [1.82, 2.24) is 24.5 Å². The molecule has 4 heterocycles. The molecule has 0 aromatic carbocycles. The fraction of sp³-hybridized carbons (Fsp3) is 0.762. The molecule has 7 heteroatoms. The molecule has 4 rings (SSSR count). The van der Waals surface area contributed by atoms with E-state index in [1.165, 1.54) is 0 Å². The Morgan fingerprint density at radius 1 is 0.964 bits per heavy atom. The minimum absolute atomic E-state index is 0.00578. The van der Waals surface area contributed by atoms with Gasteiger partial charge in [-0.1, -0.05) is 0 Å². The summed E-state index contributed by atoms with van der Waals surface area (Å²) in [7, 11) is 3.93. The summed E-state index contributed by atoms with van der Waals surface area (Å²) in [5.74, 6) is 0.381. The Morgan fingerprint density at radius 3 is 2.25 bits per heavy atom. The van der Waals surface area contributed by atoms with E-state index in [9.17, 15) is 9.59 Å². The van der Waals surface area contributed by atoms with Gasteiger partial charge in [0.2, 0.25) is 5.91 Å². The molecule has 1 spiro atoms. The summed E-state index contributed by atoms with van der Waals surface area (Å²) in [6.07, 6.45) is 6.29. The molecule has 0 bridgehead atoms. The Kier molecular flexibility index (Phi) is 5.21. The van der Waals surface area contributed by atoms with Gasteiger partial charge in [0.25, 0.3) is 5.91 Å². The highest BCUT2D eigenvalue weighted by molar-refractivity contribution is 5.92. The highest BCUT2D eigenvalue weighted by Crippen LogP contribution is 2.45. The van der Waals surface area contributed by atoms with Crippen LogP contribution < -0.4 is 0 Å². The van der Waals surface area contributed by atoms with Crippen LogP contribution in [0.15, 0.2) is 6.07 Å². The summed E-state index contributed by atoms with van der Waals surface area (Å²) in [6.45, 7) is 6.16. The third-order valence-corrected chi connectivity index (χ3v) is 7.13. The van der Waals surface area contributed by atoms with E-state index in [1.807, 2.05) is 24.9 Å². The molecule has 3 fully saturated rings. The van der Waals surface area contributed by atoms with Gasteiger partial charge in [-0.3, -0.25) is 19.2 Å². The number of carbonyl (C=O) groups is 2. The quantitative estimate of drug-likeness (QED) is 0.774. The highest BCUT2D eigenvalue weighted by atomic mass is 16.2. The first kappa shape index (κ1) is 19.4. The largest absolute Gasteiger partial charge is 0.341 e. The van der Waals surface area contributed by atoms with Crippen molar-refractivity contribution < 1.29 is 9.59 Å². The molecular formula is C21H33N5O2. The van der Waals surface area contributed by atoms with Gasteiger partial charge in [0.05, 0.1) is 11.7 Å². The summed E-state index contributed by atoms with van der Waals surface area (Å²) in [5.41, 5.74) is 1.52. The van der Waals surface area contributed by atoms with Gasteiger partial charge >= 0.3 is 0 Å². The molecule has 1 unspecified atom stereocenters. The minimum Gasteiger partial charge on any atom is -0.341 e. The summed E-state index contributed by atoms with van der Waals surface area (Å²) in [4.78, 5) is 32.6. The van der Waals surface area contributed by atoms with Crippen LogP contribution in [0.25, 0.3) is 0 Å². The van der Waals surface area contributed by atoms with E-state index in [-0.39, 0.29) is 17.4 Å². The van der Waals surface area contributed by atoms with E-state index in [4.69, 9.17) is 0 Å². The Hall–Kier alpha value is -1.89. The highest BCUT2D eigenvalue weighted by Gasteiger charge is 2.50. The summed E-state index contributed by atoms with van der Waals surface area (Å²) < 4.78 is 1.68. The van der Waals surface area contributed by atoms with Crippen LogP contribution in [-0.2, 0) is 11.8 Å². The third kappa shape index (κ3) is 3.34. The number of amides is 2. The van der Waals surface area contributed by atoms with Crippen molar-refractivity contribution in [2.75, 3.05) is 39.8 Å². The van der Waals surface area contributed by atoms with Gasteiger partial charge in [-0.2, -0.15) is 5.10 Å². The Morgan fingerprint density at radius 2 is 1.64 bits per heavy atom. The lowest BCUT2D eigenvalue weighted by Gasteiger charge is -2.52. The third-order valence-electron chi connectivity index (χ3n) is 7.13. The average Bonchev–Trinajstić information content (AvgIpc) is 3.31. The van der Waals surface area contributed by atoms with E-state index in [2.05, 4.69) is 21.9 Å². The average molecular weight is 388 g/mol. The molecule has 154 valence electrons. The molecule has 3 saturated heterocycles. The van der Waals surface area contributed by atoms with Crippen molar-refractivity contribution in [2.24, 2.45) is 12.5 Å². The first-order valence-corrected chi connectivity index (χ1v) is 10.7. The van der Waals surface area contributed by atoms with Crippen molar-refractivity contribution in [2.45, 2.75) is 51.5 Å². The number of likely N-dealkylation sites (N-methyl/N-ethyl adjacent to an activating group) is 1. The van der Waals surface area contributed by atoms with Crippen LogP contribution in [0, 0.1) is 12.3 Å². The van der Waals surface area contributed by atoms with Gasteiger partial charge in [-0.15, -0.1) is 0 Å². The molecule has 0 saturated carbocycles. The maximum atomic E-state index is 13.4. The molecule has 3 aliphatic rings. The number of nitrogens with zero attached hydrogens (tertiary/aromatic N) is 5. The van der Waals surface area contributed by atoms with Gasteiger partial charge in [-0.05, 0) is 70.5 Å². The van der Waals surface area contributed by atoms with Crippen LogP contribution in [0.1, 0.15) is 54.7 Å². The van der Waals surface area contributed by atoms with E-state index in [0.717, 1.165) is 76.9 Å². The second-order valence-electron chi connectivity index (χ2n) is 8.97. The molecule has 0 radical (unpaired) electrons. The lowest BCUT2D eigenvalue weighted by Crippen LogP contribution is -2.61. The molecule has 7 nitrogen and oxygen atoms in total. The lowest BCUT2D eigenvalue weighted by molar-refractivity contribution is -0.145. The number of rotatable bonds is 2. The van der Waals surface area contributed by atoms with Crippen LogP contribution >= 0.6 is 0 Å². The summed E-state index contributed by atoms with van der Waals surface area (Å²) in [5, 5.41) is 4.31. The predicted octanol–water partition coefficient (Wildman–Crippen LogP) is 1.67. The smallest absolute Gasteiger partial charge is 0.272 e. The molecule has 3 aliphatic heterocycles. The first-order chi connectivity index (χ1) is 13.4. The zero-order valence-corrected chi connectivity index (χ0v) is 17.5. The SMILES string of the molecule is Cc1cc(C(=O)N2CCC3(CCCN(C)C3C(=O)N3CCCC3)CC2)n(C)n1. The topological polar surface area (TPSA) is 61.7 Å². The van der Waals surface area contributed by atoms with E-state index in [0.29, 0.717) is 11.6 Å². The monoisotopic (exact) mass is 387 g/mol. The second kappa shape index (κ2) is 7.50. The number of likely N-dealkylation sites (tertiary alicyclic amines) is 3. The van der Waals surface area contributed by atoms with Crippen molar-refractivity contribution in [1.29, 1.82) is 0 Å². The first-order valence-electron chi connectivity index (χ1n) is 10.7. The van der Waals surface area contributed by atoms with Gasteiger partial charge in [0.15, 0.2) is 0 Å². The minimum atomic E-state index is -0.0319. The molecule has 0 aliphatic carbocycles. The molecule has 1 aromatic rings. The van der Waals surface area contributed by atoms with Gasteiger partial charge < -0.3 is 9.80 Å². The zero-order valence-electron chi connectivity index (χ0n) is 17.5. The van der Waals surface area contributed by atoms with Crippen molar-refractivity contribution in [3.63, 3.8) is 0 Å². The summed E-state index contributed by atoms with van der Waals surface area (Å²) >= 11 is 0. The van der Waals surface area contributed by atoms with E-state index >= 15 is 0 Å². The van der Waals surface area contributed by atoms with Crippen LogP contribution in [0.5, 0.6) is 0 Å². The molecule has 1 aromatic heterocycles. The standard InChI is InChI=1S/C21H33N5O2/c1-16-15-17(24(3)22-16)19(27)26-13-8-21(9-14-26)7-6-10-23(2)18(21)20(28)25-11-4-5-12-25/h15,18H,4-14H2,1-3H3. The number of hydrogen-bond donors (Lipinski definition) is 0. The molecule has 1 atom stereocenters. The second-order valence-corrected chi connectivity index (χ2v) is 8.97.